The van der Waals surface area contributed by atoms with Gasteiger partial charge in [0.2, 0.25) is 0 Å². The number of rotatable bonds is 4. The summed E-state index contributed by atoms with van der Waals surface area (Å²) >= 11 is 8.90. The third-order valence-electron chi connectivity index (χ3n) is 2.55. The number of aromatic carboxylic acids is 1. The minimum atomic E-state index is -1.10. The van der Waals surface area contributed by atoms with Gasteiger partial charge in [0.05, 0.1) is 4.47 Å². The summed E-state index contributed by atoms with van der Waals surface area (Å²) in [6.45, 7) is 0.111. The summed E-state index contributed by atoms with van der Waals surface area (Å²) in [7, 11) is 0. The molecule has 1 N–H and O–H groups in total. The van der Waals surface area contributed by atoms with Crippen LogP contribution in [0.5, 0.6) is 5.75 Å². The molecule has 0 aliphatic heterocycles. The van der Waals surface area contributed by atoms with E-state index in [1.165, 1.54) is 24.3 Å². The molecule has 0 spiro atoms. The molecule has 3 nitrogen and oxygen atoms in total. The van der Waals surface area contributed by atoms with Gasteiger partial charge in [0.15, 0.2) is 0 Å². The molecule has 0 unspecified atom stereocenters. The molecule has 0 aliphatic rings. The van der Waals surface area contributed by atoms with E-state index in [1.807, 2.05) is 0 Å². The number of carboxylic acid groups (broad SMARTS) is 1. The number of carbonyl (C=O) groups is 1. The Balaban J connectivity index is 2.20. The smallest absolute Gasteiger partial charge is 0.339 e. The van der Waals surface area contributed by atoms with Crippen LogP contribution in [0.25, 0.3) is 0 Å². The van der Waals surface area contributed by atoms with Gasteiger partial charge >= 0.3 is 5.97 Å². The van der Waals surface area contributed by atoms with Crippen LogP contribution in [0.2, 0.25) is 5.02 Å². The van der Waals surface area contributed by atoms with Crippen molar-refractivity contribution in [1.82, 2.24) is 0 Å². The number of halogens is 3. The first-order chi connectivity index (χ1) is 9.47. The van der Waals surface area contributed by atoms with Crippen LogP contribution in [0.3, 0.4) is 0 Å². The lowest BCUT2D eigenvalue weighted by molar-refractivity contribution is 0.0692. The molecule has 0 bridgehead atoms. The summed E-state index contributed by atoms with van der Waals surface area (Å²) in [5.41, 5.74) is 0.727. The lowest BCUT2D eigenvalue weighted by atomic mass is 10.2. The second kappa shape index (κ2) is 6.24. The Kier molecular flexibility index (Phi) is 4.62. The van der Waals surface area contributed by atoms with E-state index in [-0.39, 0.29) is 23.7 Å². The summed E-state index contributed by atoms with van der Waals surface area (Å²) in [4.78, 5) is 11.1. The lowest BCUT2D eigenvalue weighted by Crippen LogP contribution is -2.03. The highest BCUT2D eigenvalue weighted by Crippen LogP contribution is 2.25. The molecule has 0 saturated carbocycles. The van der Waals surface area contributed by atoms with Gasteiger partial charge in [0, 0.05) is 5.02 Å². The van der Waals surface area contributed by atoms with E-state index in [0.717, 1.165) is 0 Å². The number of hydrogen-bond donors (Lipinski definition) is 1. The molecule has 0 aromatic heterocycles. The molecule has 0 fully saturated rings. The van der Waals surface area contributed by atoms with E-state index in [9.17, 15) is 9.18 Å². The van der Waals surface area contributed by atoms with E-state index in [1.54, 1.807) is 12.1 Å². The van der Waals surface area contributed by atoms with Crippen molar-refractivity contribution in [3.05, 3.63) is 62.8 Å². The normalized spacial score (nSPS) is 10.3. The second-order valence-electron chi connectivity index (χ2n) is 3.98. The molecule has 104 valence electrons. The van der Waals surface area contributed by atoms with Crippen LogP contribution in [0, 0.1) is 5.82 Å². The SMILES string of the molecule is O=C(O)c1ccc(Cl)cc1OCc1ccc(F)c(Br)c1. The molecule has 0 radical (unpaired) electrons. The predicted molar refractivity (Wildman–Crippen MR) is 76.8 cm³/mol. The molecular formula is C14H9BrClFO3. The van der Waals surface area contributed by atoms with Crippen molar-refractivity contribution < 1.29 is 19.0 Å². The summed E-state index contributed by atoms with van der Waals surface area (Å²) < 4.78 is 18.9. The molecule has 20 heavy (non-hydrogen) atoms. The first-order valence-electron chi connectivity index (χ1n) is 5.57. The van der Waals surface area contributed by atoms with Gasteiger partial charge in [0.1, 0.15) is 23.7 Å². The summed E-state index contributed by atoms with van der Waals surface area (Å²) in [6, 6.07) is 8.72. The minimum Gasteiger partial charge on any atom is -0.488 e. The van der Waals surface area contributed by atoms with E-state index in [4.69, 9.17) is 21.4 Å². The Hall–Kier alpha value is -1.59. The molecular weight excluding hydrogens is 351 g/mol. The van der Waals surface area contributed by atoms with Gasteiger partial charge < -0.3 is 9.84 Å². The third-order valence-corrected chi connectivity index (χ3v) is 3.40. The first kappa shape index (κ1) is 14.8. The Morgan fingerprint density at radius 2 is 2.05 bits per heavy atom. The van der Waals surface area contributed by atoms with Crippen molar-refractivity contribution in [3.8, 4) is 5.75 Å². The largest absolute Gasteiger partial charge is 0.488 e. The van der Waals surface area contributed by atoms with Crippen LogP contribution >= 0.6 is 27.5 Å². The maximum Gasteiger partial charge on any atom is 0.339 e. The van der Waals surface area contributed by atoms with Crippen LogP contribution in [0.4, 0.5) is 4.39 Å². The summed E-state index contributed by atoms with van der Waals surface area (Å²) in [5, 5.41) is 9.43. The Bertz CT molecular complexity index is 661. The third kappa shape index (κ3) is 3.49. The minimum absolute atomic E-state index is 0.0237. The lowest BCUT2D eigenvalue weighted by Gasteiger charge is -2.10. The van der Waals surface area contributed by atoms with Crippen LogP contribution in [0.1, 0.15) is 15.9 Å². The number of ether oxygens (including phenoxy) is 1. The van der Waals surface area contributed by atoms with E-state index >= 15 is 0 Å². The number of benzene rings is 2. The van der Waals surface area contributed by atoms with Gasteiger partial charge in [-0.1, -0.05) is 17.7 Å². The summed E-state index contributed by atoms with van der Waals surface area (Å²) in [6.07, 6.45) is 0. The monoisotopic (exact) mass is 358 g/mol. The summed E-state index contributed by atoms with van der Waals surface area (Å²) in [5.74, 6) is -1.30. The Morgan fingerprint density at radius 3 is 2.70 bits per heavy atom. The van der Waals surface area contributed by atoms with E-state index < -0.39 is 5.97 Å². The quantitative estimate of drug-likeness (QED) is 0.873. The highest BCUT2D eigenvalue weighted by atomic mass is 79.9. The fourth-order valence-electron chi connectivity index (χ4n) is 1.58. The topological polar surface area (TPSA) is 46.5 Å². The van der Waals surface area contributed by atoms with Crippen molar-refractivity contribution in [3.63, 3.8) is 0 Å². The fourth-order valence-corrected chi connectivity index (χ4v) is 2.17. The average Bonchev–Trinajstić information content (AvgIpc) is 2.40. The second-order valence-corrected chi connectivity index (χ2v) is 5.27. The standard InChI is InChI=1S/C14H9BrClFO3/c15-11-5-8(1-4-12(11)17)7-20-13-6-9(16)2-3-10(13)14(18)19/h1-6H,7H2,(H,18,19). The van der Waals surface area contributed by atoms with Crippen molar-refractivity contribution in [1.29, 1.82) is 0 Å². The van der Waals surface area contributed by atoms with Crippen LogP contribution in [-0.4, -0.2) is 11.1 Å². The highest BCUT2D eigenvalue weighted by molar-refractivity contribution is 9.10. The molecule has 0 atom stereocenters. The Morgan fingerprint density at radius 1 is 1.30 bits per heavy atom. The molecule has 2 aromatic carbocycles. The van der Waals surface area contributed by atoms with Gasteiger partial charge in [-0.2, -0.15) is 0 Å². The van der Waals surface area contributed by atoms with Crippen molar-refractivity contribution in [2.45, 2.75) is 6.61 Å². The zero-order valence-corrected chi connectivity index (χ0v) is 12.4. The average molecular weight is 360 g/mol. The zero-order chi connectivity index (χ0) is 14.7. The van der Waals surface area contributed by atoms with Gasteiger partial charge in [0.25, 0.3) is 0 Å². The fraction of sp³-hybridized carbons (Fsp3) is 0.0714. The molecule has 0 aliphatic carbocycles. The molecule has 0 amide bonds. The van der Waals surface area contributed by atoms with Crippen molar-refractivity contribution in [2.75, 3.05) is 0 Å². The number of hydrogen-bond acceptors (Lipinski definition) is 2. The van der Waals surface area contributed by atoms with Crippen LogP contribution in [0.15, 0.2) is 40.9 Å². The predicted octanol–water partition coefficient (Wildman–Crippen LogP) is 4.52. The Labute approximate surface area is 128 Å². The van der Waals surface area contributed by atoms with Gasteiger partial charge in [-0.05, 0) is 51.8 Å². The van der Waals surface area contributed by atoms with Crippen molar-refractivity contribution >= 4 is 33.5 Å². The molecule has 6 heteroatoms. The molecule has 0 heterocycles. The van der Waals surface area contributed by atoms with Gasteiger partial charge in [-0.15, -0.1) is 0 Å². The van der Waals surface area contributed by atoms with Crippen molar-refractivity contribution in [2.24, 2.45) is 0 Å². The first-order valence-corrected chi connectivity index (χ1v) is 6.74. The van der Waals surface area contributed by atoms with Crippen LogP contribution in [-0.2, 0) is 6.61 Å². The van der Waals surface area contributed by atoms with E-state index in [0.29, 0.717) is 15.1 Å². The maximum absolute atomic E-state index is 13.1. The molecule has 0 saturated heterocycles. The van der Waals surface area contributed by atoms with E-state index in [2.05, 4.69) is 15.9 Å². The van der Waals surface area contributed by atoms with Crippen LogP contribution < -0.4 is 4.74 Å². The van der Waals surface area contributed by atoms with Gasteiger partial charge in [-0.3, -0.25) is 0 Å². The zero-order valence-electron chi connectivity index (χ0n) is 10.1. The molecule has 2 rings (SSSR count). The maximum atomic E-state index is 13.1. The molecule has 2 aromatic rings. The number of carboxylic acids is 1. The highest BCUT2D eigenvalue weighted by Gasteiger charge is 2.12. The van der Waals surface area contributed by atoms with Gasteiger partial charge in [-0.25, -0.2) is 9.18 Å².